The standard InChI is InChI=1S/C21H13Cl2NO.BF4/c22-15-10-11-18(17(23)12-15)24-19-13-21(14-6-2-1-3-7-14)25-20-9-5-4-8-16(19)20;2-1(3,4)5/h1-13H;/q;-1/p+1. The van der Waals surface area contributed by atoms with Crippen molar-refractivity contribution < 1.29 is 26.7 Å². The van der Waals surface area contributed by atoms with Crippen molar-refractivity contribution in [2.75, 3.05) is 0 Å². The molecule has 0 aliphatic carbocycles. The third kappa shape index (κ3) is 6.11. The Kier molecular flexibility index (Phi) is 6.85. The van der Waals surface area contributed by atoms with Crippen molar-refractivity contribution in [2.45, 2.75) is 0 Å². The van der Waals surface area contributed by atoms with Crippen molar-refractivity contribution in [3.8, 4) is 11.3 Å². The number of hydrogen-bond donors (Lipinski definition) is 1. The molecule has 4 rings (SSSR count). The number of para-hydroxylation sites is 1. The molecule has 9 heteroatoms. The fourth-order valence-electron chi connectivity index (χ4n) is 2.72. The monoisotopic (exact) mass is 453 g/mol. The van der Waals surface area contributed by atoms with Gasteiger partial charge in [-0.3, -0.25) is 0 Å². The summed E-state index contributed by atoms with van der Waals surface area (Å²) in [6.45, 7) is 0. The van der Waals surface area contributed by atoms with Gasteiger partial charge in [0.2, 0.25) is 11.0 Å². The maximum absolute atomic E-state index is 9.75. The Morgan fingerprint density at radius 3 is 2.07 bits per heavy atom. The van der Waals surface area contributed by atoms with E-state index in [1.54, 1.807) is 6.07 Å². The summed E-state index contributed by atoms with van der Waals surface area (Å²) < 4.78 is 45.1. The van der Waals surface area contributed by atoms with Crippen LogP contribution in [0.15, 0.2) is 83.3 Å². The Morgan fingerprint density at radius 1 is 0.767 bits per heavy atom. The SMILES string of the molecule is Clc1ccc([NH+]=c2cc(-c3ccccc3)oc3ccccc23)c(Cl)c1.F[B-](F)(F)F. The van der Waals surface area contributed by atoms with E-state index < -0.39 is 7.25 Å². The van der Waals surface area contributed by atoms with E-state index in [2.05, 4.69) is 4.99 Å². The van der Waals surface area contributed by atoms with Crippen LogP contribution in [0.1, 0.15) is 0 Å². The number of rotatable bonds is 2. The number of halogens is 6. The molecule has 154 valence electrons. The molecule has 1 aromatic heterocycles. The summed E-state index contributed by atoms with van der Waals surface area (Å²) in [6.07, 6.45) is 0. The first kappa shape index (κ1) is 21.9. The van der Waals surface area contributed by atoms with Crippen LogP contribution in [0.4, 0.5) is 23.0 Å². The zero-order chi connectivity index (χ0) is 21.7. The number of hydrogen-bond acceptors (Lipinski definition) is 1. The fraction of sp³-hybridized carbons (Fsp3) is 0. The van der Waals surface area contributed by atoms with Gasteiger partial charge < -0.3 is 21.7 Å². The molecule has 2 nitrogen and oxygen atoms in total. The first-order valence-electron chi connectivity index (χ1n) is 8.71. The number of nitrogens with one attached hydrogen (secondary N) is 1. The van der Waals surface area contributed by atoms with E-state index in [0.717, 1.165) is 33.3 Å². The molecule has 0 aliphatic heterocycles. The van der Waals surface area contributed by atoms with Crippen molar-refractivity contribution >= 4 is 47.1 Å². The Morgan fingerprint density at radius 2 is 1.40 bits per heavy atom. The molecule has 0 radical (unpaired) electrons. The lowest BCUT2D eigenvalue weighted by Gasteiger charge is -2.03. The van der Waals surface area contributed by atoms with Crippen molar-refractivity contribution in [3.05, 3.63) is 94.3 Å². The van der Waals surface area contributed by atoms with Gasteiger partial charge in [0.25, 0.3) is 0 Å². The largest absolute Gasteiger partial charge is 0.673 e. The second-order valence-electron chi connectivity index (χ2n) is 6.13. The average Bonchev–Trinajstić information content (AvgIpc) is 2.69. The molecule has 1 heterocycles. The lowest BCUT2D eigenvalue weighted by molar-refractivity contribution is -0.400. The highest BCUT2D eigenvalue weighted by molar-refractivity contribution is 6.50. The molecule has 0 fully saturated rings. The zero-order valence-corrected chi connectivity index (χ0v) is 16.8. The lowest BCUT2D eigenvalue weighted by Crippen LogP contribution is -2.70. The minimum Gasteiger partial charge on any atom is -0.456 e. The average molecular weight is 454 g/mol. The topological polar surface area (TPSA) is 27.1 Å². The van der Waals surface area contributed by atoms with Gasteiger partial charge in [-0.05, 0) is 24.3 Å². The van der Waals surface area contributed by atoms with Gasteiger partial charge in [-0.1, -0.05) is 65.7 Å². The summed E-state index contributed by atoms with van der Waals surface area (Å²) in [4.78, 5) is 3.40. The molecule has 0 spiro atoms. The summed E-state index contributed by atoms with van der Waals surface area (Å²) in [7, 11) is -6.00. The maximum Gasteiger partial charge on any atom is 0.673 e. The van der Waals surface area contributed by atoms with Crippen LogP contribution in [-0.4, -0.2) is 7.25 Å². The summed E-state index contributed by atoms with van der Waals surface area (Å²) in [5, 5.41) is 3.07. The Balaban J connectivity index is 0.000000461. The highest BCUT2D eigenvalue weighted by Gasteiger charge is 2.20. The molecular formula is C21H14BCl2F4NO. The minimum absolute atomic E-state index is 0.568. The Bertz CT molecular complexity index is 1220. The van der Waals surface area contributed by atoms with E-state index in [0.29, 0.717) is 10.0 Å². The van der Waals surface area contributed by atoms with E-state index in [9.17, 15) is 17.3 Å². The van der Waals surface area contributed by atoms with Gasteiger partial charge in [-0.2, -0.15) is 0 Å². The van der Waals surface area contributed by atoms with Crippen LogP contribution in [0, 0.1) is 0 Å². The van der Waals surface area contributed by atoms with Crippen molar-refractivity contribution in [2.24, 2.45) is 0 Å². The van der Waals surface area contributed by atoms with Crippen LogP contribution < -0.4 is 10.3 Å². The van der Waals surface area contributed by atoms with Crippen LogP contribution in [0.3, 0.4) is 0 Å². The second kappa shape index (κ2) is 9.37. The van der Waals surface area contributed by atoms with Crippen LogP contribution in [0.2, 0.25) is 10.0 Å². The van der Waals surface area contributed by atoms with Gasteiger partial charge in [0.05, 0.1) is 11.5 Å². The molecule has 0 amide bonds. The quantitative estimate of drug-likeness (QED) is 0.291. The van der Waals surface area contributed by atoms with Crippen LogP contribution in [-0.2, 0) is 0 Å². The number of fused-ring (bicyclic) bond motifs is 1. The molecule has 1 N–H and O–H groups in total. The zero-order valence-electron chi connectivity index (χ0n) is 15.3. The first-order chi connectivity index (χ1) is 14.2. The Labute approximate surface area is 179 Å². The Hall–Kier alpha value is -2.77. The van der Waals surface area contributed by atoms with Crippen LogP contribution in [0.25, 0.3) is 22.3 Å². The third-order valence-corrected chi connectivity index (χ3v) is 4.48. The molecular weight excluding hydrogens is 440 g/mol. The molecule has 0 bridgehead atoms. The summed E-state index contributed by atoms with van der Waals surface area (Å²) in [6, 6.07) is 25.3. The number of benzene rings is 3. The summed E-state index contributed by atoms with van der Waals surface area (Å²) in [5.41, 5.74) is 2.61. The van der Waals surface area contributed by atoms with Crippen molar-refractivity contribution in [1.82, 2.24) is 0 Å². The molecule has 30 heavy (non-hydrogen) atoms. The van der Waals surface area contributed by atoms with Gasteiger partial charge in [0.15, 0.2) is 0 Å². The fourth-order valence-corrected chi connectivity index (χ4v) is 3.17. The van der Waals surface area contributed by atoms with Gasteiger partial charge in [0.1, 0.15) is 16.4 Å². The van der Waals surface area contributed by atoms with E-state index in [-0.39, 0.29) is 0 Å². The van der Waals surface area contributed by atoms with Gasteiger partial charge in [0, 0.05) is 16.7 Å². The predicted molar refractivity (Wildman–Crippen MR) is 112 cm³/mol. The first-order valence-corrected chi connectivity index (χ1v) is 9.47. The molecule has 3 aromatic carbocycles. The molecule has 0 saturated heterocycles. The van der Waals surface area contributed by atoms with E-state index in [1.165, 1.54) is 0 Å². The summed E-state index contributed by atoms with van der Waals surface area (Å²) >= 11 is 12.3. The van der Waals surface area contributed by atoms with E-state index >= 15 is 0 Å². The van der Waals surface area contributed by atoms with E-state index in [4.69, 9.17) is 27.6 Å². The normalized spacial score (nSPS) is 11.9. The van der Waals surface area contributed by atoms with E-state index in [1.807, 2.05) is 72.8 Å². The minimum atomic E-state index is -6.00. The molecule has 0 aliphatic rings. The third-order valence-electron chi connectivity index (χ3n) is 3.93. The van der Waals surface area contributed by atoms with Gasteiger partial charge in [-0.25, -0.2) is 4.99 Å². The molecule has 0 unspecified atom stereocenters. The highest BCUT2D eigenvalue weighted by atomic mass is 35.5. The molecule has 0 atom stereocenters. The summed E-state index contributed by atoms with van der Waals surface area (Å²) in [5.74, 6) is 0.784. The van der Waals surface area contributed by atoms with Gasteiger partial charge in [-0.15, -0.1) is 0 Å². The van der Waals surface area contributed by atoms with Crippen molar-refractivity contribution in [3.63, 3.8) is 0 Å². The van der Waals surface area contributed by atoms with Gasteiger partial charge >= 0.3 is 7.25 Å². The van der Waals surface area contributed by atoms with Crippen LogP contribution >= 0.6 is 23.2 Å². The lowest BCUT2D eigenvalue weighted by atomic mass is 10.1. The maximum atomic E-state index is 9.75. The van der Waals surface area contributed by atoms with Crippen LogP contribution in [0.5, 0.6) is 0 Å². The highest BCUT2D eigenvalue weighted by Crippen LogP contribution is 2.23. The molecule has 4 aromatic rings. The second-order valence-corrected chi connectivity index (χ2v) is 6.97. The molecule has 0 saturated carbocycles. The smallest absolute Gasteiger partial charge is 0.456 e. The predicted octanol–water partition coefficient (Wildman–Crippen LogP) is 6.02. The van der Waals surface area contributed by atoms with Crippen molar-refractivity contribution in [1.29, 1.82) is 0 Å².